The summed E-state index contributed by atoms with van der Waals surface area (Å²) in [5, 5.41) is 7.86. The fourth-order valence-corrected chi connectivity index (χ4v) is 3.15. The van der Waals surface area contributed by atoms with Gasteiger partial charge < -0.3 is 9.88 Å². The van der Waals surface area contributed by atoms with Gasteiger partial charge in [-0.2, -0.15) is 5.10 Å². The van der Waals surface area contributed by atoms with Crippen LogP contribution in [0.3, 0.4) is 0 Å². The quantitative estimate of drug-likeness (QED) is 0.534. The van der Waals surface area contributed by atoms with Gasteiger partial charge in [0, 0.05) is 18.9 Å². The number of nitrogens with zero attached hydrogens (tertiary/aromatic N) is 3. The molecule has 1 N–H and O–H groups in total. The number of aryl methyl sites for hydroxylation is 1. The zero-order chi connectivity index (χ0) is 19.7. The lowest BCUT2D eigenvalue weighted by molar-refractivity contribution is 0.101. The van der Waals surface area contributed by atoms with Crippen LogP contribution in [-0.2, 0) is 7.05 Å². The third-order valence-corrected chi connectivity index (χ3v) is 4.65. The zero-order valence-electron chi connectivity index (χ0n) is 14.9. The minimum atomic E-state index is -0.375. The Morgan fingerprint density at radius 3 is 2.50 bits per heavy atom. The van der Waals surface area contributed by atoms with Crippen LogP contribution in [0, 0.1) is 5.82 Å². The van der Waals surface area contributed by atoms with E-state index >= 15 is 0 Å². The maximum absolute atomic E-state index is 13.1. The molecule has 7 heteroatoms. The molecular formula is C21H16ClFN4O. The molecule has 4 rings (SSSR count). The fraction of sp³-hybridized carbons (Fsp3) is 0.0476. The Morgan fingerprint density at radius 2 is 1.82 bits per heavy atom. The number of anilines is 1. The third-order valence-electron chi connectivity index (χ3n) is 4.33. The number of rotatable bonds is 4. The molecule has 5 nitrogen and oxygen atoms in total. The lowest BCUT2D eigenvalue weighted by Gasteiger charge is -2.09. The zero-order valence-corrected chi connectivity index (χ0v) is 15.7. The molecule has 0 spiro atoms. The molecule has 0 unspecified atom stereocenters. The molecule has 4 aromatic rings. The maximum Gasteiger partial charge on any atom is 0.274 e. The van der Waals surface area contributed by atoms with Crippen molar-refractivity contribution in [1.29, 1.82) is 0 Å². The van der Waals surface area contributed by atoms with E-state index in [1.54, 1.807) is 18.2 Å². The van der Waals surface area contributed by atoms with Gasteiger partial charge in [0.05, 0.1) is 16.4 Å². The van der Waals surface area contributed by atoms with E-state index in [9.17, 15) is 9.18 Å². The van der Waals surface area contributed by atoms with Crippen LogP contribution in [0.5, 0.6) is 0 Å². The molecule has 2 aromatic heterocycles. The molecule has 0 aliphatic heterocycles. The topological polar surface area (TPSA) is 51.9 Å². The van der Waals surface area contributed by atoms with Gasteiger partial charge in [-0.25, -0.2) is 9.07 Å². The lowest BCUT2D eigenvalue weighted by Crippen LogP contribution is -2.17. The van der Waals surface area contributed by atoms with E-state index in [0.29, 0.717) is 27.8 Å². The standard InChI is InChI=1S/C21H16ClFN4O/c1-26-12-4-7-19(26)17-13-20(21(28)24-15-10-8-14(23)9-11-15)27(25-17)18-6-3-2-5-16(18)22/h2-13H,1H3,(H,24,28). The second-order valence-electron chi connectivity index (χ2n) is 6.24. The van der Waals surface area contributed by atoms with Crippen molar-refractivity contribution in [1.82, 2.24) is 14.3 Å². The Bertz CT molecular complexity index is 1150. The Hall–Kier alpha value is -3.38. The van der Waals surface area contributed by atoms with Crippen molar-refractivity contribution in [3.63, 3.8) is 0 Å². The molecule has 140 valence electrons. The number of benzene rings is 2. The Labute approximate surface area is 166 Å². The van der Waals surface area contributed by atoms with Gasteiger partial charge in [0.25, 0.3) is 5.91 Å². The van der Waals surface area contributed by atoms with Crippen LogP contribution >= 0.6 is 11.6 Å². The summed E-state index contributed by atoms with van der Waals surface area (Å²) in [6, 6.07) is 18.3. The lowest BCUT2D eigenvalue weighted by atomic mass is 10.2. The van der Waals surface area contributed by atoms with Gasteiger partial charge in [-0.05, 0) is 54.6 Å². The van der Waals surface area contributed by atoms with E-state index in [1.165, 1.54) is 28.9 Å². The molecule has 0 aliphatic rings. The highest BCUT2D eigenvalue weighted by Gasteiger charge is 2.20. The number of nitrogens with one attached hydrogen (secondary N) is 1. The van der Waals surface area contributed by atoms with Crippen LogP contribution in [0.1, 0.15) is 10.5 Å². The van der Waals surface area contributed by atoms with Crippen molar-refractivity contribution >= 4 is 23.2 Å². The third kappa shape index (κ3) is 3.42. The summed E-state index contributed by atoms with van der Waals surface area (Å²) >= 11 is 6.34. The van der Waals surface area contributed by atoms with Gasteiger partial charge in [0.1, 0.15) is 17.2 Å². The van der Waals surface area contributed by atoms with Gasteiger partial charge in [-0.1, -0.05) is 23.7 Å². The molecule has 2 aromatic carbocycles. The number of aromatic nitrogens is 3. The normalized spacial score (nSPS) is 10.8. The second kappa shape index (κ2) is 7.32. The number of para-hydroxylation sites is 1. The number of hydrogen-bond acceptors (Lipinski definition) is 2. The smallest absolute Gasteiger partial charge is 0.274 e. The van der Waals surface area contributed by atoms with Crippen molar-refractivity contribution in [2.75, 3.05) is 5.32 Å². The van der Waals surface area contributed by atoms with Gasteiger partial charge in [-0.3, -0.25) is 4.79 Å². The minimum Gasteiger partial charge on any atom is -0.349 e. The van der Waals surface area contributed by atoms with E-state index < -0.39 is 0 Å². The monoisotopic (exact) mass is 394 g/mol. The Morgan fingerprint density at radius 1 is 1.07 bits per heavy atom. The molecule has 2 heterocycles. The first-order valence-electron chi connectivity index (χ1n) is 8.56. The molecule has 1 amide bonds. The summed E-state index contributed by atoms with van der Waals surface area (Å²) in [5.74, 6) is -0.746. The van der Waals surface area contributed by atoms with E-state index in [2.05, 4.69) is 10.4 Å². The van der Waals surface area contributed by atoms with E-state index in [0.717, 1.165) is 5.69 Å². The van der Waals surface area contributed by atoms with Gasteiger partial charge in [0.15, 0.2) is 0 Å². The molecule has 0 bridgehead atoms. The van der Waals surface area contributed by atoms with Gasteiger partial charge in [0.2, 0.25) is 0 Å². The maximum atomic E-state index is 13.1. The van der Waals surface area contributed by atoms with Crippen LogP contribution in [0.2, 0.25) is 5.02 Å². The highest BCUT2D eigenvalue weighted by molar-refractivity contribution is 6.32. The second-order valence-corrected chi connectivity index (χ2v) is 6.65. The van der Waals surface area contributed by atoms with E-state index in [-0.39, 0.29) is 11.7 Å². The number of hydrogen-bond donors (Lipinski definition) is 1. The van der Waals surface area contributed by atoms with Crippen LogP contribution in [0.4, 0.5) is 10.1 Å². The Kier molecular flexibility index (Phi) is 4.71. The first-order valence-corrected chi connectivity index (χ1v) is 8.94. The average molecular weight is 395 g/mol. The van der Waals surface area contributed by atoms with Crippen LogP contribution in [0.25, 0.3) is 17.1 Å². The molecule has 0 fully saturated rings. The van der Waals surface area contributed by atoms with Crippen LogP contribution in [0.15, 0.2) is 72.9 Å². The van der Waals surface area contributed by atoms with Crippen molar-refractivity contribution in [3.8, 4) is 17.1 Å². The number of carbonyl (C=O) groups excluding carboxylic acids is 1. The molecule has 0 radical (unpaired) electrons. The summed E-state index contributed by atoms with van der Waals surface area (Å²) < 4.78 is 16.6. The molecule has 0 atom stereocenters. The number of carbonyl (C=O) groups is 1. The molecule has 0 saturated heterocycles. The molecule has 0 aliphatic carbocycles. The predicted molar refractivity (Wildman–Crippen MR) is 107 cm³/mol. The van der Waals surface area contributed by atoms with E-state index in [4.69, 9.17) is 11.6 Å². The minimum absolute atomic E-state index is 0.314. The number of amides is 1. The SMILES string of the molecule is Cn1cccc1-c1cc(C(=O)Nc2ccc(F)cc2)n(-c2ccccc2Cl)n1. The highest BCUT2D eigenvalue weighted by Crippen LogP contribution is 2.26. The predicted octanol–water partition coefficient (Wildman–Crippen LogP) is 4.92. The Balaban J connectivity index is 1.79. The van der Waals surface area contributed by atoms with Gasteiger partial charge in [-0.15, -0.1) is 0 Å². The first-order chi connectivity index (χ1) is 13.5. The van der Waals surface area contributed by atoms with Crippen molar-refractivity contribution in [3.05, 3.63) is 89.5 Å². The summed E-state index contributed by atoms with van der Waals surface area (Å²) in [5.41, 5.74) is 2.89. The summed E-state index contributed by atoms with van der Waals surface area (Å²) in [7, 11) is 1.90. The number of halogens is 2. The summed E-state index contributed by atoms with van der Waals surface area (Å²) in [6.07, 6.45) is 1.90. The fourth-order valence-electron chi connectivity index (χ4n) is 2.93. The van der Waals surface area contributed by atoms with Gasteiger partial charge >= 0.3 is 0 Å². The largest absolute Gasteiger partial charge is 0.349 e. The highest BCUT2D eigenvalue weighted by atomic mass is 35.5. The van der Waals surface area contributed by atoms with Crippen molar-refractivity contribution < 1.29 is 9.18 Å². The average Bonchev–Trinajstić information content (AvgIpc) is 3.30. The van der Waals surface area contributed by atoms with E-state index in [1.807, 2.05) is 42.1 Å². The molecule has 0 saturated carbocycles. The molecular weight excluding hydrogens is 379 g/mol. The first kappa shape index (κ1) is 18.0. The van der Waals surface area contributed by atoms with Crippen LogP contribution < -0.4 is 5.32 Å². The summed E-state index contributed by atoms with van der Waals surface area (Å²) in [6.45, 7) is 0. The summed E-state index contributed by atoms with van der Waals surface area (Å²) in [4.78, 5) is 13.0. The van der Waals surface area contributed by atoms with Crippen molar-refractivity contribution in [2.45, 2.75) is 0 Å². The van der Waals surface area contributed by atoms with Crippen molar-refractivity contribution in [2.24, 2.45) is 7.05 Å². The van der Waals surface area contributed by atoms with Crippen LogP contribution in [-0.4, -0.2) is 20.3 Å². The molecule has 28 heavy (non-hydrogen) atoms.